The smallest absolute Gasteiger partial charge is 0.308 e. The van der Waals surface area contributed by atoms with E-state index in [0.29, 0.717) is 18.5 Å². The van der Waals surface area contributed by atoms with Crippen LogP contribution in [0.15, 0.2) is 24.3 Å². The molecule has 5 rings (SSSR count). The summed E-state index contributed by atoms with van der Waals surface area (Å²) >= 11 is 0. The lowest BCUT2D eigenvalue weighted by Crippen LogP contribution is -2.49. The van der Waals surface area contributed by atoms with Gasteiger partial charge in [-0.1, -0.05) is 19.3 Å². The first-order chi connectivity index (χ1) is 13.5. The average Bonchev–Trinajstić information content (AvgIpc) is 3.21. The number of nitrogens with one attached hydrogen (secondary N) is 1. The lowest BCUT2D eigenvalue weighted by atomic mass is 9.75. The van der Waals surface area contributed by atoms with Gasteiger partial charge < -0.3 is 15.3 Å². The van der Waals surface area contributed by atoms with Crippen molar-refractivity contribution in [2.24, 2.45) is 23.7 Å². The second-order valence-corrected chi connectivity index (χ2v) is 9.72. The van der Waals surface area contributed by atoms with Crippen molar-refractivity contribution in [3.05, 3.63) is 29.8 Å². The molecule has 0 aromatic heterocycles. The molecule has 3 bridgehead atoms. The number of carbonyl (C=O) groups excluding carboxylic acids is 1. The maximum absolute atomic E-state index is 13.0. The number of amides is 1. The topological polar surface area (TPSA) is 69.6 Å². The highest BCUT2D eigenvalue weighted by atomic mass is 16.4. The fourth-order valence-electron chi connectivity index (χ4n) is 6.64. The van der Waals surface area contributed by atoms with Crippen LogP contribution >= 0.6 is 0 Å². The summed E-state index contributed by atoms with van der Waals surface area (Å²) in [6.45, 7) is 1.31. The van der Waals surface area contributed by atoms with Gasteiger partial charge in [0.2, 0.25) is 0 Å². The Kier molecular flexibility index (Phi) is 4.37. The summed E-state index contributed by atoms with van der Waals surface area (Å²) in [6, 6.07) is 7.71. The molecule has 4 aliphatic rings. The van der Waals surface area contributed by atoms with Crippen molar-refractivity contribution >= 4 is 17.6 Å². The number of carboxylic acid groups (broad SMARTS) is 1. The van der Waals surface area contributed by atoms with Crippen LogP contribution < -0.4 is 10.2 Å². The maximum atomic E-state index is 13.0. The molecule has 3 saturated carbocycles. The predicted octanol–water partition coefficient (Wildman–Crippen LogP) is 3.69. The molecule has 1 amide bonds. The van der Waals surface area contributed by atoms with Crippen molar-refractivity contribution in [2.45, 2.75) is 56.9 Å². The minimum absolute atomic E-state index is 0.0259. The van der Waals surface area contributed by atoms with E-state index in [1.54, 1.807) is 0 Å². The van der Waals surface area contributed by atoms with Crippen LogP contribution in [0.1, 0.15) is 61.7 Å². The van der Waals surface area contributed by atoms with Crippen LogP contribution in [0.5, 0.6) is 0 Å². The standard InChI is InChI=1S/C23H30N2O3/c26-21(24-23-11-15-2-1-3-17(12-23)19(10-15)13-23)16-4-6-20(7-5-16)25-9-8-18(14-25)22(27)28/h4-7,15,17-19H,1-3,8-14H2,(H,24,26)(H,27,28). The second-order valence-electron chi connectivity index (χ2n) is 9.72. The Balaban J connectivity index is 1.26. The predicted molar refractivity (Wildman–Crippen MR) is 107 cm³/mol. The third kappa shape index (κ3) is 3.19. The Bertz CT molecular complexity index is 773. The molecule has 5 atom stereocenters. The molecule has 3 aliphatic carbocycles. The highest BCUT2D eigenvalue weighted by Crippen LogP contribution is 2.55. The molecule has 0 radical (unpaired) electrons. The molecule has 1 aromatic rings. The summed E-state index contributed by atoms with van der Waals surface area (Å²) < 4.78 is 0. The molecule has 1 aliphatic heterocycles. The van der Waals surface area contributed by atoms with Gasteiger partial charge in [0.05, 0.1) is 5.92 Å². The van der Waals surface area contributed by atoms with Gasteiger partial charge in [-0.15, -0.1) is 0 Å². The van der Waals surface area contributed by atoms with Crippen molar-refractivity contribution in [3.8, 4) is 0 Å². The molecular formula is C23H30N2O3. The number of hydrogen-bond donors (Lipinski definition) is 2. The molecule has 5 unspecified atom stereocenters. The molecule has 0 spiro atoms. The number of anilines is 1. The van der Waals surface area contributed by atoms with Crippen molar-refractivity contribution in [1.29, 1.82) is 0 Å². The Morgan fingerprint density at radius 3 is 2.57 bits per heavy atom. The van der Waals surface area contributed by atoms with Crippen LogP contribution in [0.25, 0.3) is 0 Å². The van der Waals surface area contributed by atoms with Gasteiger partial charge >= 0.3 is 5.97 Å². The molecule has 4 fully saturated rings. The molecule has 1 aromatic carbocycles. The average molecular weight is 383 g/mol. The first kappa shape index (κ1) is 18.0. The fraction of sp³-hybridized carbons (Fsp3) is 0.652. The zero-order valence-corrected chi connectivity index (χ0v) is 16.4. The Hall–Kier alpha value is -2.04. The molecule has 1 saturated heterocycles. The third-order valence-electron chi connectivity index (χ3n) is 7.89. The molecule has 5 nitrogen and oxygen atoms in total. The third-order valence-corrected chi connectivity index (χ3v) is 7.89. The lowest BCUT2D eigenvalue weighted by Gasteiger charge is -2.38. The zero-order valence-electron chi connectivity index (χ0n) is 16.4. The van der Waals surface area contributed by atoms with E-state index in [-0.39, 0.29) is 17.4 Å². The van der Waals surface area contributed by atoms with Crippen LogP contribution in [0.3, 0.4) is 0 Å². The van der Waals surface area contributed by atoms with Crippen molar-refractivity contribution in [2.75, 3.05) is 18.0 Å². The fourth-order valence-corrected chi connectivity index (χ4v) is 6.64. The minimum atomic E-state index is -0.718. The summed E-state index contributed by atoms with van der Waals surface area (Å²) in [6.07, 6.45) is 9.62. The molecular weight excluding hydrogens is 352 g/mol. The van der Waals surface area contributed by atoms with Crippen LogP contribution in [0.4, 0.5) is 5.69 Å². The SMILES string of the molecule is O=C(NC12CC3CCCC(C1)C(C3)C2)c1ccc(N2CCC(C(=O)O)C2)cc1. The lowest BCUT2D eigenvalue weighted by molar-refractivity contribution is -0.140. The van der Waals surface area contributed by atoms with E-state index in [9.17, 15) is 14.7 Å². The number of fused-ring (bicyclic) bond motifs is 2. The van der Waals surface area contributed by atoms with E-state index in [1.807, 2.05) is 24.3 Å². The number of carboxylic acids is 1. The normalized spacial score (nSPS) is 36.4. The van der Waals surface area contributed by atoms with Gasteiger partial charge in [0.15, 0.2) is 0 Å². The van der Waals surface area contributed by atoms with E-state index < -0.39 is 5.97 Å². The largest absolute Gasteiger partial charge is 0.481 e. The van der Waals surface area contributed by atoms with E-state index in [2.05, 4.69) is 10.2 Å². The number of hydrogen-bond acceptors (Lipinski definition) is 3. The van der Waals surface area contributed by atoms with Crippen molar-refractivity contribution < 1.29 is 14.7 Å². The molecule has 2 N–H and O–H groups in total. The first-order valence-electron chi connectivity index (χ1n) is 10.9. The first-order valence-corrected chi connectivity index (χ1v) is 10.9. The number of carbonyl (C=O) groups is 2. The number of aliphatic carboxylic acids is 1. The monoisotopic (exact) mass is 382 g/mol. The summed E-state index contributed by atoms with van der Waals surface area (Å²) in [7, 11) is 0. The van der Waals surface area contributed by atoms with Crippen molar-refractivity contribution in [3.63, 3.8) is 0 Å². The number of nitrogens with zero attached hydrogens (tertiary/aromatic N) is 1. The van der Waals surface area contributed by atoms with Crippen LogP contribution in [-0.2, 0) is 4.79 Å². The van der Waals surface area contributed by atoms with Gasteiger partial charge in [0, 0.05) is 29.9 Å². The van der Waals surface area contributed by atoms with E-state index >= 15 is 0 Å². The Labute approximate surface area is 166 Å². The maximum Gasteiger partial charge on any atom is 0.308 e. The summed E-state index contributed by atoms with van der Waals surface area (Å²) in [5.74, 6) is 1.48. The zero-order chi connectivity index (χ0) is 19.3. The molecule has 5 heteroatoms. The molecule has 150 valence electrons. The van der Waals surface area contributed by atoms with Gasteiger partial charge in [-0.05, 0) is 74.1 Å². The van der Waals surface area contributed by atoms with Gasteiger partial charge in [-0.3, -0.25) is 9.59 Å². The Morgan fingerprint density at radius 2 is 1.82 bits per heavy atom. The Morgan fingerprint density at radius 1 is 1.04 bits per heavy atom. The van der Waals surface area contributed by atoms with Gasteiger partial charge in [-0.25, -0.2) is 0 Å². The van der Waals surface area contributed by atoms with Gasteiger partial charge in [-0.2, -0.15) is 0 Å². The number of benzene rings is 1. The van der Waals surface area contributed by atoms with Crippen LogP contribution in [0, 0.1) is 23.7 Å². The van der Waals surface area contributed by atoms with Crippen LogP contribution in [-0.4, -0.2) is 35.6 Å². The van der Waals surface area contributed by atoms with Gasteiger partial charge in [0.25, 0.3) is 5.91 Å². The second kappa shape index (κ2) is 6.78. The van der Waals surface area contributed by atoms with Crippen LogP contribution in [0.2, 0.25) is 0 Å². The molecule has 1 heterocycles. The van der Waals surface area contributed by atoms with Crippen molar-refractivity contribution in [1.82, 2.24) is 5.32 Å². The van der Waals surface area contributed by atoms with E-state index in [0.717, 1.165) is 36.4 Å². The summed E-state index contributed by atoms with van der Waals surface area (Å²) in [4.78, 5) is 26.3. The highest BCUT2D eigenvalue weighted by molar-refractivity contribution is 5.95. The summed E-state index contributed by atoms with van der Waals surface area (Å²) in [5, 5.41) is 12.6. The number of rotatable bonds is 4. The van der Waals surface area contributed by atoms with E-state index in [1.165, 1.54) is 38.5 Å². The van der Waals surface area contributed by atoms with E-state index in [4.69, 9.17) is 0 Å². The molecule has 28 heavy (non-hydrogen) atoms. The quantitative estimate of drug-likeness (QED) is 0.833. The summed E-state index contributed by atoms with van der Waals surface area (Å²) in [5.41, 5.74) is 1.75. The minimum Gasteiger partial charge on any atom is -0.481 e. The van der Waals surface area contributed by atoms with Gasteiger partial charge in [0.1, 0.15) is 0 Å². The highest BCUT2D eigenvalue weighted by Gasteiger charge is 2.52.